The van der Waals surface area contributed by atoms with E-state index < -0.39 is 6.61 Å². The summed E-state index contributed by atoms with van der Waals surface area (Å²) in [4.78, 5) is 11.2. The molecular formula is C13H17BrO3. The third-order valence-corrected chi connectivity index (χ3v) is 2.94. The number of aliphatic hydroxyl groups excluding tert-OH is 1. The van der Waals surface area contributed by atoms with Gasteiger partial charge in [-0.05, 0) is 18.4 Å². The fourth-order valence-electron chi connectivity index (χ4n) is 1.40. The molecule has 0 aliphatic rings. The predicted octanol–water partition coefficient (Wildman–Crippen LogP) is 2.21. The van der Waals surface area contributed by atoms with Crippen molar-refractivity contribution >= 4 is 21.7 Å². The molecule has 4 heteroatoms. The van der Waals surface area contributed by atoms with Crippen molar-refractivity contribution in [2.45, 2.75) is 12.8 Å². The average Bonchev–Trinajstić information content (AvgIpc) is 2.38. The first-order chi connectivity index (χ1) is 8.27. The smallest absolute Gasteiger partial charge is 0.188 e. The maximum absolute atomic E-state index is 11.2. The number of ketones is 1. The first-order valence-electron chi connectivity index (χ1n) is 5.64. The third-order valence-electron chi connectivity index (χ3n) is 2.38. The van der Waals surface area contributed by atoms with Gasteiger partial charge >= 0.3 is 0 Å². The van der Waals surface area contributed by atoms with E-state index in [-0.39, 0.29) is 5.78 Å². The minimum Gasteiger partial charge on any atom is -0.388 e. The van der Waals surface area contributed by atoms with Gasteiger partial charge in [0.05, 0.1) is 6.61 Å². The number of alkyl halides is 1. The van der Waals surface area contributed by atoms with Gasteiger partial charge in [-0.25, -0.2) is 0 Å². The largest absolute Gasteiger partial charge is 0.388 e. The first-order valence-corrected chi connectivity index (χ1v) is 6.76. The number of halogens is 1. The van der Waals surface area contributed by atoms with E-state index in [4.69, 9.17) is 9.84 Å². The van der Waals surface area contributed by atoms with Gasteiger partial charge in [0, 0.05) is 17.5 Å². The fraction of sp³-hybridized carbons (Fsp3) is 0.462. The molecule has 0 saturated heterocycles. The first kappa shape index (κ1) is 14.4. The lowest BCUT2D eigenvalue weighted by atomic mass is 10.1. The number of aliphatic hydroxyl groups is 1. The van der Waals surface area contributed by atoms with Crippen molar-refractivity contribution in [3.8, 4) is 0 Å². The highest BCUT2D eigenvalue weighted by Gasteiger charge is 2.03. The summed E-state index contributed by atoms with van der Waals surface area (Å²) in [5, 5.41) is 9.67. The van der Waals surface area contributed by atoms with Crippen LogP contribution in [0.5, 0.6) is 0 Å². The van der Waals surface area contributed by atoms with E-state index in [0.29, 0.717) is 12.2 Å². The summed E-state index contributed by atoms with van der Waals surface area (Å²) in [6, 6.07) is 7.28. The van der Waals surface area contributed by atoms with Gasteiger partial charge in [0.25, 0.3) is 0 Å². The Hall–Kier alpha value is -0.710. The highest BCUT2D eigenvalue weighted by molar-refractivity contribution is 9.09. The number of carbonyl (C=O) groups excluding carboxylic acids is 1. The van der Waals surface area contributed by atoms with E-state index in [9.17, 15) is 4.79 Å². The SMILES string of the molecule is O=C(CO)c1ccc(CCOCCCBr)cc1. The summed E-state index contributed by atoms with van der Waals surface area (Å²) in [5.74, 6) is -0.245. The Morgan fingerprint density at radius 3 is 2.53 bits per heavy atom. The van der Waals surface area contributed by atoms with Gasteiger partial charge in [-0.3, -0.25) is 4.79 Å². The Labute approximate surface area is 110 Å². The molecule has 1 aromatic carbocycles. The van der Waals surface area contributed by atoms with Gasteiger partial charge in [-0.15, -0.1) is 0 Å². The van der Waals surface area contributed by atoms with E-state index in [2.05, 4.69) is 15.9 Å². The Morgan fingerprint density at radius 1 is 1.24 bits per heavy atom. The van der Waals surface area contributed by atoms with Gasteiger partial charge in [0.2, 0.25) is 0 Å². The topological polar surface area (TPSA) is 46.5 Å². The maximum Gasteiger partial charge on any atom is 0.188 e. The van der Waals surface area contributed by atoms with Gasteiger partial charge in [0.1, 0.15) is 6.61 Å². The number of hydrogen-bond donors (Lipinski definition) is 1. The summed E-state index contributed by atoms with van der Waals surface area (Å²) in [5.41, 5.74) is 1.69. The number of benzene rings is 1. The van der Waals surface area contributed by atoms with Gasteiger partial charge in [-0.2, -0.15) is 0 Å². The molecule has 0 aliphatic carbocycles. The van der Waals surface area contributed by atoms with Crippen LogP contribution in [-0.2, 0) is 11.2 Å². The Balaban J connectivity index is 2.33. The van der Waals surface area contributed by atoms with Gasteiger partial charge < -0.3 is 9.84 Å². The van der Waals surface area contributed by atoms with Crippen molar-refractivity contribution in [3.63, 3.8) is 0 Å². The molecule has 0 bridgehead atoms. The predicted molar refractivity (Wildman–Crippen MR) is 70.8 cm³/mol. The molecule has 0 radical (unpaired) electrons. The van der Waals surface area contributed by atoms with Crippen molar-refractivity contribution in [1.29, 1.82) is 0 Å². The highest BCUT2D eigenvalue weighted by atomic mass is 79.9. The Morgan fingerprint density at radius 2 is 1.94 bits per heavy atom. The second-order valence-electron chi connectivity index (χ2n) is 3.68. The molecule has 0 aromatic heterocycles. The number of carbonyl (C=O) groups is 1. The number of rotatable bonds is 8. The minimum atomic E-state index is -0.436. The number of hydrogen-bond acceptors (Lipinski definition) is 3. The van der Waals surface area contributed by atoms with Crippen LogP contribution in [0.25, 0.3) is 0 Å². The van der Waals surface area contributed by atoms with E-state index in [0.717, 1.165) is 30.3 Å². The molecule has 1 rings (SSSR count). The van der Waals surface area contributed by atoms with Crippen LogP contribution in [0, 0.1) is 0 Å². The van der Waals surface area contributed by atoms with Crippen LogP contribution in [0.4, 0.5) is 0 Å². The summed E-state index contributed by atoms with van der Waals surface area (Å²) in [6.45, 7) is 1.03. The van der Waals surface area contributed by atoms with Crippen LogP contribution in [0.1, 0.15) is 22.3 Å². The molecule has 0 saturated carbocycles. The molecule has 17 heavy (non-hydrogen) atoms. The summed E-state index contributed by atoms with van der Waals surface area (Å²) < 4.78 is 5.44. The van der Waals surface area contributed by atoms with E-state index in [1.807, 2.05) is 12.1 Å². The van der Waals surface area contributed by atoms with E-state index >= 15 is 0 Å². The summed E-state index contributed by atoms with van der Waals surface area (Å²) in [7, 11) is 0. The highest BCUT2D eigenvalue weighted by Crippen LogP contribution is 2.06. The molecule has 0 aliphatic heterocycles. The summed E-state index contributed by atoms with van der Waals surface area (Å²) >= 11 is 3.34. The Kier molecular flexibility index (Phi) is 7.08. The van der Waals surface area contributed by atoms with Crippen LogP contribution in [0.15, 0.2) is 24.3 Å². The molecular weight excluding hydrogens is 284 g/mol. The molecule has 0 fully saturated rings. The van der Waals surface area contributed by atoms with Crippen molar-refractivity contribution in [3.05, 3.63) is 35.4 Å². The molecule has 0 amide bonds. The van der Waals surface area contributed by atoms with Crippen molar-refractivity contribution in [1.82, 2.24) is 0 Å². The van der Waals surface area contributed by atoms with Crippen LogP contribution >= 0.6 is 15.9 Å². The number of Topliss-reactive ketones (excluding diaryl/α,β-unsaturated/α-hetero) is 1. The van der Waals surface area contributed by atoms with Crippen LogP contribution in [0.3, 0.4) is 0 Å². The van der Waals surface area contributed by atoms with Crippen LogP contribution in [-0.4, -0.2) is 36.0 Å². The minimum absolute atomic E-state index is 0.245. The standard InChI is InChI=1S/C13H17BrO3/c14-7-1-8-17-9-6-11-2-4-12(5-3-11)13(16)10-15/h2-5,15H,1,6-10H2. The third kappa shape index (κ3) is 5.44. The lowest BCUT2D eigenvalue weighted by Crippen LogP contribution is -2.05. The van der Waals surface area contributed by atoms with Gasteiger partial charge in [0.15, 0.2) is 5.78 Å². The zero-order valence-corrected chi connectivity index (χ0v) is 11.3. The lowest BCUT2D eigenvalue weighted by molar-refractivity contribution is 0.0903. The van der Waals surface area contributed by atoms with Crippen molar-refractivity contribution in [2.24, 2.45) is 0 Å². The van der Waals surface area contributed by atoms with Gasteiger partial charge in [-0.1, -0.05) is 40.2 Å². The molecule has 0 atom stereocenters. The molecule has 0 unspecified atom stereocenters. The lowest BCUT2D eigenvalue weighted by Gasteiger charge is -2.04. The van der Waals surface area contributed by atoms with E-state index in [1.54, 1.807) is 12.1 Å². The molecule has 0 spiro atoms. The second kappa shape index (κ2) is 8.39. The second-order valence-corrected chi connectivity index (χ2v) is 4.48. The molecule has 1 N–H and O–H groups in total. The monoisotopic (exact) mass is 300 g/mol. The van der Waals surface area contributed by atoms with Crippen molar-refractivity contribution in [2.75, 3.05) is 25.2 Å². The zero-order valence-electron chi connectivity index (χ0n) is 9.69. The maximum atomic E-state index is 11.2. The molecule has 94 valence electrons. The number of ether oxygens (including phenoxy) is 1. The van der Waals surface area contributed by atoms with Crippen LogP contribution < -0.4 is 0 Å². The normalized spacial score (nSPS) is 10.5. The van der Waals surface area contributed by atoms with Crippen molar-refractivity contribution < 1.29 is 14.6 Å². The molecule has 1 aromatic rings. The van der Waals surface area contributed by atoms with Crippen LogP contribution in [0.2, 0.25) is 0 Å². The fourth-order valence-corrected chi connectivity index (χ4v) is 1.63. The van der Waals surface area contributed by atoms with E-state index in [1.165, 1.54) is 0 Å². The quantitative estimate of drug-likeness (QED) is 0.455. The summed E-state index contributed by atoms with van der Waals surface area (Å²) in [6.07, 6.45) is 1.86. The zero-order chi connectivity index (χ0) is 12.5. The molecule has 3 nitrogen and oxygen atoms in total. The Bertz CT molecular complexity index is 335. The molecule has 0 heterocycles. The average molecular weight is 301 g/mol.